The third kappa shape index (κ3) is 2.41. The second kappa shape index (κ2) is 5.47. The van der Waals surface area contributed by atoms with Gasteiger partial charge in [0.1, 0.15) is 18.0 Å². The van der Waals surface area contributed by atoms with Gasteiger partial charge in [0.05, 0.1) is 6.61 Å². The van der Waals surface area contributed by atoms with Crippen molar-refractivity contribution < 1.29 is 19.0 Å². The van der Waals surface area contributed by atoms with E-state index in [9.17, 15) is 14.3 Å². The Morgan fingerprint density at radius 2 is 2.40 bits per heavy atom. The highest BCUT2D eigenvalue weighted by atomic mass is 19.1. The monoisotopic (exact) mass is 287 g/mol. The molecular formula is C12H18FN3O4. The number of rotatable bonds is 4. The molecule has 1 saturated heterocycles. The van der Waals surface area contributed by atoms with E-state index in [1.165, 1.54) is 26.3 Å². The molecule has 4 atom stereocenters. The number of aliphatic hydroxyl groups is 1. The SMILES string of the molecule is CNc1ccn([C@@H]2O[C@H](COC)[C@@H](O)[C@@]2(C)F)c(=O)n1. The van der Waals surface area contributed by atoms with Crippen molar-refractivity contribution in [1.82, 2.24) is 9.55 Å². The van der Waals surface area contributed by atoms with Crippen LogP contribution < -0.4 is 11.0 Å². The average Bonchev–Trinajstić information content (AvgIpc) is 2.63. The van der Waals surface area contributed by atoms with Gasteiger partial charge in [-0.15, -0.1) is 0 Å². The van der Waals surface area contributed by atoms with Crippen LogP contribution in [0.5, 0.6) is 0 Å². The molecule has 0 aliphatic carbocycles. The summed E-state index contributed by atoms with van der Waals surface area (Å²) in [6.45, 7) is 1.23. The molecule has 0 saturated carbocycles. The molecule has 0 bridgehead atoms. The number of aromatic nitrogens is 2. The first-order valence-corrected chi connectivity index (χ1v) is 6.20. The number of halogens is 1. The third-order valence-corrected chi connectivity index (χ3v) is 3.39. The van der Waals surface area contributed by atoms with Crippen LogP contribution >= 0.6 is 0 Å². The first kappa shape index (κ1) is 14.9. The lowest BCUT2D eigenvalue weighted by Gasteiger charge is -2.24. The minimum atomic E-state index is -2.12. The van der Waals surface area contributed by atoms with Gasteiger partial charge < -0.3 is 19.9 Å². The molecule has 0 radical (unpaired) electrons. The maximum atomic E-state index is 14.7. The summed E-state index contributed by atoms with van der Waals surface area (Å²) in [5, 5.41) is 12.7. The van der Waals surface area contributed by atoms with Gasteiger partial charge in [-0.2, -0.15) is 4.98 Å². The standard InChI is InChI=1S/C12H18FN3O4/c1-12(13)9(17)7(6-19-3)20-10(12)16-5-4-8(14-2)15-11(16)18/h4-5,7,9-10,17H,6H2,1-3H3,(H,14,15,18)/t7-,9-,10-,12-/m1/s1. The molecule has 1 aliphatic rings. The van der Waals surface area contributed by atoms with Gasteiger partial charge in [0.15, 0.2) is 11.9 Å². The zero-order valence-corrected chi connectivity index (χ0v) is 11.5. The van der Waals surface area contributed by atoms with E-state index in [1.54, 1.807) is 7.05 Å². The largest absolute Gasteiger partial charge is 0.387 e. The summed E-state index contributed by atoms with van der Waals surface area (Å²) in [6, 6.07) is 1.52. The van der Waals surface area contributed by atoms with Crippen molar-refractivity contribution in [3.05, 3.63) is 22.7 Å². The predicted octanol–water partition coefficient (Wildman–Crippen LogP) is -0.0821. The summed E-state index contributed by atoms with van der Waals surface area (Å²) < 4.78 is 26.0. The van der Waals surface area contributed by atoms with Crippen molar-refractivity contribution >= 4 is 5.82 Å². The fourth-order valence-electron chi connectivity index (χ4n) is 2.25. The minimum absolute atomic E-state index is 0.0357. The maximum Gasteiger partial charge on any atom is 0.351 e. The molecular weight excluding hydrogens is 269 g/mol. The fourth-order valence-corrected chi connectivity index (χ4v) is 2.25. The van der Waals surface area contributed by atoms with Crippen LogP contribution in [-0.4, -0.2) is 53.3 Å². The summed E-state index contributed by atoms with van der Waals surface area (Å²) in [5.74, 6) is 0.374. The van der Waals surface area contributed by atoms with Gasteiger partial charge in [0.2, 0.25) is 0 Å². The summed E-state index contributed by atoms with van der Waals surface area (Å²) in [5.41, 5.74) is -2.77. The molecule has 2 rings (SSSR count). The van der Waals surface area contributed by atoms with E-state index < -0.39 is 29.8 Å². The summed E-state index contributed by atoms with van der Waals surface area (Å²) in [7, 11) is 3.05. The van der Waals surface area contributed by atoms with Crippen LogP contribution in [0.15, 0.2) is 17.1 Å². The van der Waals surface area contributed by atoms with Gasteiger partial charge in [0.25, 0.3) is 0 Å². The molecule has 1 fully saturated rings. The predicted molar refractivity (Wildman–Crippen MR) is 69.3 cm³/mol. The highest BCUT2D eigenvalue weighted by Crippen LogP contribution is 2.40. The Morgan fingerprint density at radius 3 is 2.95 bits per heavy atom. The van der Waals surface area contributed by atoms with Crippen molar-refractivity contribution in [3.63, 3.8) is 0 Å². The number of hydrogen-bond acceptors (Lipinski definition) is 6. The smallest absolute Gasteiger partial charge is 0.351 e. The van der Waals surface area contributed by atoms with E-state index in [0.29, 0.717) is 5.82 Å². The van der Waals surface area contributed by atoms with Crippen LogP contribution in [0.1, 0.15) is 13.2 Å². The number of nitrogens with zero attached hydrogens (tertiary/aromatic N) is 2. The molecule has 0 spiro atoms. The zero-order chi connectivity index (χ0) is 14.9. The number of aliphatic hydroxyl groups excluding tert-OH is 1. The van der Waals surface area contributed by atoms with Crippen LogP contribution in [-0.2, 0) is 9.47 Å². The third-order valence-electron chi connectivity index (χ3n) is 3.39. The average molecular weight is 287 g/mol. The van der Waals surface area contributed by atoms with Crippen LogP contribution in [0.4, 0.5) is 10.2 Å². The van der Waals surface area contributed by atoms with Crippen molar-refractivity contribution in [3.8, 4) is 0 Å². The molecule has 0 amide bonds. The topological polar surface area (TPSA) is 85.6 Å². The maximum absolute atomic E-state index is 14.7. The Labute approximate surface area is 115 Å². The van der Waals surface area contributed by atoms with Crippen molar-refractivity contribution in [2.75, 3.05) is 26.1 Å². The summed E-state index contributed by atoms with van der Waals surface area (Å²) >= 11 is 0. The normalized spacial score (nSPS) is 33.4. The Balaban J connectivity index is 2.35. The molecule has 0 aromatic carbocycles. The van der Waals surface area contributed by atoms with Gasteiger partial charge in [-0.25, -0.2) is 9.18 Å². The van der Waals surface area contributed by atoms with Crippen molar-refractivity contribution in [2.45, 2.75) is 31.0 Å². The second-order valence-corrected chi connectivity index (χ2v) is 4.83. The van der Waals surface area contributed by atoms with Crippen LogP contribution in [0, 0.1) is 0 Å². The molecule has 0 unspecified atom stereocenters. The van der Waals surface area contributed by atoms with Crippen molar-refractivity contribution in [2.24, 2.45) is 0 Å². The molecule has 1 aromatic heterocycles. The Morgan fingerprint density at radius 1 is 1.70 bits per heavy atom. The second-order valence-electron chi connectivity index (χ2n) is 4.83. The van der Waals surface area contributed by atoms with Gasteiger partial charge in [0, 0.05) is 20.4 Å². The fraction of sp³-hybridized carbons (Fsp3) is 0.667. The van der Waals surface area contributed by atoms with Crippen LogP contribution in [0.2, 0.25) is 0 Å². The van der Waals surface area contributed by atoms with E-state index in [1.807, 2.05) is 0 Å². The first-order chi connectivity index (χ1) is 9.41. The van der Waals surface area contributed by atoms with E-state index in [0.717, 1.165) is 4.57 Å². The number of ether oxygens (including phenoxy) is 2. The lowest BCUT2D eigenvalue weighted by atomic mass is 9.98. The lowest BCUT2D eigenvalue weighted by Crippen LogP contribution is -2.43. The van der Waals surface area contributed by atoms with Crippen LogP contribution in [0.3, 0.4) is 0 Å². The molecule has 2 N–H and O–H groups in total. The Bertz CT molecular complexity index is 534. The summed E-state index contributed by atoms with van der Waals surface area (Å²) in [6.07, 6.45) is -2.09. The Hall–Kier alpha value is -1.51. The van der Waals surface area contributed by atoms with E-state index in [-0.39, 0.29) is 6.61 Å². The van der Waals surface area contributed by atoms with Crippen LogP contribution in [0.25, 0.3) is 0 Å². The number of nitrogens with one attached hydrogen (secondary N) is 1. The number of methoxy groups -OCH3 is 1. The highest BCUT2D eigenvalue weighted by molar-refractivity contribution is 5.30. The summed E-state index contributed by atoms with van der Waals surface area (Å²) in [4.78, 5) is 15.6. The molecule has 2 heterocycles. The molecule has 7 nitrogen and oxygen atoms in total. The van der Waals surface area contributed by atoms with E-state index >= 15 is 0 Å². The van der Waals surface area contributed by atoms with E-state index in [2.05, 4.69) is 10.3 Å². The van der Waals surface area contributed by atoms with Gasteiger partial charge in [-0.05, 0) is 13.0 Å². The van der Waals surface area contributed by atoms with E-state index in [4.69, 9.17) is 9.47 Å². The van der Waals surface area contributed by atoms with Crippen molar-refractivity contribution in [1.29, 1.82) is 0 Å². The quantitative estimate of drug-likeness (QED) is 0.805. The Kier molecular flexibility index (Phi) is 4.07. The van der Waals surface area contributed by atoms with Gasteiger partial charge in [-0.3, -0.25) is 4.57 Å². The number of hydrogen-bond donors (Lipinski definition) is 2. The molecule has 1 aliphatic heterocycles. The molecule has 112 valence electrons. The number of alkyl halides is 1. The molecule has 8 heteroatoms. The molecule has 20 heavy (non-hydrogen) atoms. The van der Waals surface area contributed by atoms with Gasteiger partial charge >= 0.3 is 5.69 Å². The molecule has 1 aromatic rings. The zero-order valence-electron chi connectivity index (χ0n) is 11.5. The number of anilines is 1. The first-order valence-electron chi connectivity index (χ1n) is 6.20. The lowest BCUT2D eigenvalue weighted by molar-refractivity contribution is -0.0660. The van der Waals surface area contributed by atoms with Gasteiger partial charge in [-0.1, -0.05) is 0 Å². The highest BCUT2D eigenvalue weighted by Gasteiger charge is 2.55. The minimum Gasteiger partial charge on any atom is -0.387 e.